The second-order valence-electron chi connectivity index (χ2n) is 4.39. The first-order valence-electron chi connectivity index (χ1n) is 6.41. The highest BCUT2D eigenvalue weighted by molar-refractivity contribution is 7.89. The zero-order valence-corrected chi connectivity index (χ0v) is 12.4. The number of carboxylic acids is 1. The van der Waals surface area contributed by atoms with Gasteiger partial charge in [-0.1, -0.05) is 13.8 Å². The summed E-state index contributed by atoms with van der Waals surface area (Å²) in [6.07, 6.45) is 1.36. The molecule has 0 fully saturated rings. The van der Waals surface area contributed by atoms with Gasteiger partial charge in [0.05, 0.1) is 4.90 Å². The summed E-state index contributed by atoms with van der Waals surface area (Å²) in [6, 6.07) is 3.29. The quantitative estimate of drug-likeness (QED) is 0.802. The fourth-order valence-electron chi connectivity index (χ4n) is 1.85. The minimum atomic E-state index is -3.71. The van der Waals surface area contributed by atoms with Crippen molar-refractivity contribution in [1.29, 1.82) is 0 Å². The highest BCUT2D eigenvalue weighted by Gasteiger charge is 2.24. The topological polar surface area (TPSA) is 94.9 Å². The van der Waals surface area contributed by atoms with Crippen LogP contribution in [0.2, 0.25) is 0 Å². The predicted octanol–water partition coefficient (Wildman–Crippen LogP) is 1.90. The van der Waals surface area contributed by atoms with E-state index in [2.05, 4.69) is 0 Å². The smallest absolute Gasteiger partial charge is 0.339 e. The van der Waals surface area contributed by atoms with Crippen LogP contribution in [0, 0.1) is 0 Å². The highest BCUT2D eigenvalue weighted by Crippen LogP contribution is 2.24. The normalized spacial score (nSPS) is 11.8. The summed E-state index contributed by atoms with van der Waals surface area (Å²) in [6.45, 7) is 4.53. The Hall–Kier alpha value is -1.60. The van der Waals surface area contributed by atoms with Gasteiger partial charge in [-0.2, -0.15) is 4.31 Å². The summed E-state index contributed by atoms with van der Waals surface area (Å²) in [5, 5.41) is 18.4. The van der Waals surface area contributed by atoms with E-state index in [-0.39, 0.29) is 10.5 Å². The number of aromatic carboxylic acids is 1. The van der Waals surface area contributed by atoms with Crippen molar-refractivity contribution in [1.82, 2.24) is 4.31 Å². The molecular formula is C13H19NO5S. The molecule has 20 heavy (non-hydrogen) atoms. The molecule has 1 aromatic rings. The number of hydrogen-bond acceptors (Lipinski definition) is 4. The number of nitrogens with zero attached hydrogens (tertiary/aromatic N) is 1. The zero-order valence-electron chi connectivity index (χ0n) is 11.5. The van der Waals surface area contributed by atoms with Crippen molar-refractivity contribution in [2.45, 2.75) is 31.6 Å². The van der Waals surface area contributed by atoms with E-state index in [4.69, 9.17) is 5.11 Å². The van der Waals surface area contributed by atoms with E-state index in [0.29, 0.717) is 25.9 Å². The van der Waals surface area contributed by atoms with Crippen molar-refractivity contribution in [3.05, 3.63) is 23.8 Å². The van der Waals surface area contributed by atoms with Crippen LogP contribution in [-0.4, -0.2) is 42.0 Å². The van der Waals surface area contributed by atoms with Crippen LogP contribution in [0.5, 0.6) is 5.75 Å². The van der Waals surface area contributed by atoms with Crippen LogP contribution in [0.1, 0.15) is 37.0 Å². The third-order valence-electron chi connectivity index (χ3n) is 2.78. The fraction of sp³-hybridized carbons (Fsp3) is 0.462. The van der Waals surface area contributed by atoms with Gasteiger partial charge in [0.25, 0.3) is 0 Å². The third kappa shape index (κ3) is 3.49. The Morgan fingerprint density at radius 3 is 2.15 bits per heavy atom. The molecule has 0 saturated carbocycles. The van der Waals surface area contributed by atoms with Crippen molar-refractivity contribution in [2.24, 2.45) is 0 Å². The van der Waals surface area contributed by atoms with Gasteiger partial charge in [0, 0.05) is 19.2 Å². The molecule has 0 aliphatic carbocycles. The maximum atomic E-state index is 12.4. The molecule has 0 unspecified atom stereocenters. The summed E-state index contributed by atoms with van der Waals surface area (Å²) < 4.78 is 26.2. The molecule has 0 amide bonds. The Labute approximate surface area is 118 Å². The number of carbonyl (C=O) groups is 1. The van der Waals surface area contributed by atoms with E-state index in [9.17, 15) is 18.3 Å². The number of aromatic hydroxyl groups is 1. The van der Waals surface area contributed by atoms with E-state index >= 15 is 0 Å². The van der Waals surface area contributed by atoms with E-state index in [1.165, 1.54) is 10.4 Å². The van der Waals surface area contributed by atoms with Crippen LogP contribution in [0.15, 0.2) is 23.1 Å². The van der Waals surface area contributed by atoms with Crippen LogP contribution < -0.4 is 0 Å². The molecule has 112 valence electrons. The number of carboxylic acid groups (broad SMARTS) is 1. The average Bonchev–Trinajstić information content (AvgIpc) is 2.37. The van der Waals surface area contributed by atoms with Gasteiger partial charge in [0.1, 0.15) is 11.3 Å². The third-order valence-corrected chi connectivity index (χ3v) is 4.68. The lowest BCUT2D eigenvalue weighted by molar-refractivity contribution is 0.0693. The van der Waals surface area contributed by atoms with Gasteiger partial charge in [-0.25, -0.2) is 13.2 Å². The monoisotopic (exact) mass is 301 g/mol. The van der Waals surface area contributed by atoms with E-state index in [1.54, 1.807) is 0 Å². The Morgan fingerprint density at radius 1 is 1.20 bits per heavy atom. The van der Waals surface area contributed by atoms with Gasteiger partial charge in [-0.15, -0.1) is 0 Å². The lowest BCUT2D eigenvalue weighted by Crippen LogP contribution is -2.32. The molecule has 0 saturated heterocycles. The van der Waals surface area contributed by atoms with Crippen LogP contribution in [-0.2, 0) is 10.0 Å². The van der Waals surface area contributed by atoms with Crippen molar-refractivity contribution in [3.63, 3.8) is 0 Å². The maximum Gasteiger partial charge on any atom is 0.339 e. The van der Waals surface area contributed by atoms with Gasteiger partial charge in [0.15, 0.2) is 0 Å². The number of sulfonamides is 1. The molecule has 0 spiro atoms. The molecule has 0 aliphatic rings. The molecular weight excluding hydrogens is 282 g/mol. The highest BCUT2D eigenvalue weighted by atomic mass is 32.2. The largest absolute Gasteiger partial charge is 0.507 e. The molecule has 1 rings (SSSR count). The van der Waals surface area contributed by atoms with Crippen LogP contribution in [0.3, 0.4) is 0 Å². The van der Waals surface area contributed by atoms with E-state index in [0.717, 1.165) is 12.1 Å². The van der Waals surface area contributed by atoms with Crippen LogP contribution >= 0.6 is 0 Å². The zero-order chi connectivity index (χ0) is 15.3. The van der Waals surface area contributed by atoms with Crippen molar-refractivity contribution >= 4 is 16.0 Å². The summed E-state index contributed by atoms with van der Waals surface area (Å²) in [5.74, 6) is -1.85. The molecule has 0 heterocycles. The van der Waals surface area contributed by atoms with Crippen molar-refractivity contribution in [3.8, 4) is 5.75 Å². The van der Waals surface area contributed by atoms with Gasteiger partial charge < -0.3 is 10.2 Å². The summed E-state index contributed by atoms with van der Waals surface area (Å²) in [5.41, 5.74) is -0.318. The number of rotatable bonds is 7. The Bertz CT molecular complexity index is 576. The summed E-state index contributed by atoms with van der Waals surface area (Å²) in [4.78, 5) is 10.7. The van der Waals surface area contributed by atoms with E-state index < -0.39 is 21.7 Å². The maximum absolute atomic E-state index is 12.4. The van der Waals surface area contributed by atoms with E-state index in [1.807, 2.05) is 13.8 Å². The molecule has 0 aromatic heterocycles. The first-order chi connectivity index (χ1) is 9.34. The molecule has 7 heteroatoms. The molecule has 0 atom stereocenters. The predicted molar refractivity (Wildman–Crippen MR) is 74.4 cm³/mol. The summed E-state index contributed by atoms with van der Waals surface area (Å²) in [7, 11) is -3.71. The first-order valence-corrected chi connectivity index (χ1v) is 7.85. The molecule has 0 aliphatic heterocycles. The molecule has 6 nitrogen and oxygen atoms in total. The lowest BCUT2D eigenvalue weighted by Gasteiger charge is -2.21. The number of hydrogen-bond donors (Lipinski definition) is 2. The molecule has 0 radical (unpaired) electrons. The van der Waals surface area contributed by atoms with Gasteiger partial charge in [0.2, 0.25) is 10.0 Å². The second kappa shape index (κ2) is 6.71. The lowest BCUT2D eigenvalue weighted by atomic mass is 10.2. The number of phenols is 1. The fourth-order valence-corrected chi connectivity index (χ4v) is 3.50. The SMILES string of the molecule is CCCN(CCC)S(=O)(=O)c1ccc(C(=O)O)c(O)c1. The molecule has 1 aromatic carbocycles. The first kappa shape index (κ1) is 16.5. The molecule has 0 bridgehead atoms. The summed E-state index contributed by atoms with van der Waals surface area (Å²) >= 11 is 0. The van der Waals surface area contributed by atoms with Crippen LogP contribution in [0.4, 0.5) is 0 Å². The Balaban J connectivity index is 3.20. The van der Waals surface area contributed by atoms with Gasteiger partial charge >= 0.3 is 5.97 Å². The Morgan fingerprint density at radius 2 is 1.75 bits per heavy atom. The van der Waals surface area contributed by atoms with Crippen molar-refractivity contribution < 1.29 is 23.4 Å². The minimum absolute atomic E-state index is 0.0955. The van der Waals surface area contributed by atoms with Gasteiger partial charge in [-0.3, -0.25) is 0 Å². The Kier molecular flexibility index (Phi) is 5.52. The van der Waals surface area contributed by atoms with Gasteiger partial charge in [-0.05, 0) is 25.0 Å². The second-order valence-corrected chi connectivity index (χ2v) is 6.33. The number of benzene rings is 1. The van der Waals surface area contributed by atoms with Crippen LogP contribution in [0.25, 0.3) is 0 Å². The molecule has 2 N–H and O–H groups in total. The van der Waals surface area contributed by atoms with Crippen molar-refractivity contribution in [2.75, 3.05) is 13.1 Å². The standard InChI is InChI=1S/C13H19NO5S/c1-3-7-14(8-4-2)20(18,19)10-5-6-11(13(16)17)12(15)9-10/h5-6,9,15H,3-4,7-8H2,1-2H3,(H,16,17). The minimum Gasteiger partial charge on any atom is -0.507 e. The average molecular weight is 301 g/mol.